The molecule has 6 heteroatoms. The fourth-order valence-corrected chi connectivity index (χ4v) is 4.15. The molecule has 0 aromatic carbocycles. The minimum Gasteiger partial charge on any atom is -0.444 e. The van der Waals surface area contributed by atoms with E-state index in [0.717, 1.165) is 12.8 Å². The number of rotatable bonds is 7. The summed E-state index contributed by atoms with van der Waals surface area (Å²) >= 11 is 0. The third kappa shape index (κ3) is 5.36. The highest BCUT2D eigenvalue weighted by molar-refractivity contribution is 5.89. The van der Waals surface area contributed by atoms with Crippen molar-refractivity contribution in [3.05, 3.63) is 12.7 Å². The second kappa shape index (κ2) is 8.26. The maximum absolute atomic E-state index is 13.6. The third-order valence-corrected chi connectivity index (χ3v) is 5.62. The van der Waals surface area contributed by atoms with Gasteiger partial charge in [-0.3, -0.25) is 9.59 Å². The summed E-state index contributed by atoms with van der Waals surface area (Å²) < 4.78 is 5.64. The molecule has 0 aromatic heterocycles. The second-order valence-corrected chi connectivity index (χ2v) is 9.93. The number of carbonyl (C=O) groups excluding carboxylic acids is 3. The molecule has 3 atom stereocenters. The zero-order valence-electron chi connectivity index (χ0n) is 18.2. The van der Waals surface area contributed by atoms with Crippen LogP contribution in [0.3, 0.4) is 0 Å². The fraction of sp³-hybridized carbons (Fsp3) is 0.773. The third-order valence-electron chi connectivity index (χ3n) is 5.62. The molecule has 2 aliphatic rings. The molecule has 1 saturated heterocycles. The molecule has 0 radical (unpaired) electrons. The van der Waals surface area contributed by atoms with Gasteiger partial charge in [-0.2, -0.15) is 0 Å². The van der Waals surface area contributed by atoms with Gasteiger partial charge in [0.2, 0.25) is 5.91 Å². The Balaban J connectivity index is 2.30. The van der Waals surface area contributed by atoms with Crippen molar-refractivity contribution in [3.8, 4) is 0 Å². The van der Waals surface area contributed by atoms with Gasteiger partial charge in [-0.15, -0.1) is 6.58 Å². The van der Waals surface area contributed by atoms with Gasteiger partial charge in [-0.1, -0.05) is 19.9 Å². The summed E-state index contributed by atoms with van der Waals surface area (Å²) in [4.78, 5) is 39.6. The first kappa shape index (κ1) is 22.4. The van der Waals surface area contributed by atoms with Crippen LogP contribution in [-0.2, 0) is 14.3 Å². The molecular formula is C22H36N2O4. The standard InChI is InChI=1S/C22H36N2O4/c1-8-9-16-12-24(20(27)28-21(3,4)5)18(15-10-11-15)17(16)19(26)22(6,7)13-23-14(2)25/h8,15-18H,1,9-13H2,2-7H3,(H,23,25). The number of Topliss-reactive ketones (excluding diaryl/α,β-unsaturated/α-hetero) is 1. The first-order valence-corrected chi connectivity index (χ1v) is 10.3. The van der Waals surface area contributed by atoms with Crippen molar-refractivity contribution in [2.45, 2.75) is 72.4 Å². The molecule has 3 unspecified atom stereocenters. The monoisotopic (exact) mass is 392 g/mol. The van der Waals surface area contributed by atoms with E-state index in [1.165, 1.54) is 6.92 Å². The number of nitrogens with one attached hydrogen (secondary N) is 1. The Labute approximate surface area is 169 Å². The van der Waals surface area contributed by atoms with Gasteiger partial charge in [0, 0.05) is 37.4 Å². The highest BCUT2D eigenvalue weighted by Crippen LogP contribution is 2.48. The lowest BCUT2D eigenvalue weighted by Crippen LogP contribution is -2.48. The Morgan fingerprint density at radius 2 is 1.79 bits per heavy atom. The van der Waals surface area contributed by atoms with Crippen LogP contribution in [0.15, 0.2) is 12.7 Å². The van der Waals surface area contributed by atoms with Crippen molar-refractivity contribution in [3.63, 3.8) is 0 Å². The summed E-state index contributed by atoms with van der Waals surface area (Å²) in [6.45, 7) is 15.4. The van der Waals surface area contributed by atoms with Crippen LogP contribution in [0.5, 0.6) is 0 Å². The van der Waals surface area contributed by atoms with Crippen molar-refractivity contribution in [2.24, 2.45) is 23.2 Å². The molecule has 28 heavy (non-hydrogen) atoms. The number of amides is 2. The maximum atomic E-state index is 13.6. The molecular weight excluding hydrogens is 356 g/mol. The van der Waals surface area contributed by atoms with Crippen molar-refractivity contribution in [2.75, 3.05) is 13.1 Å². The van der Waals surface area contributed by atoms with Gasteiger partial charge in [-0.05, 0) is 51.9 Å². The van der Waals surface area contributed by atoms with Crippen LogP contribution in [0.4, 0.5) is 4.79 Å². The van der Waals surface area contributed by atoms with E-state index in [1.807, 2.05) is 40.7 Å². The predicted molar refractivity (Wildman–Crippen MR) is 109 cm³/mol. The molecule has 1 N–H and O–H groups in total. The van der Waals surface area contributed by atoms with Gasteiger partial charge in [0.1, 0.15) is 11.4 Å². The maximum Gasteiger partial charge on any atom is 0.410 e. The van der Waals surface area contributed by atoms with Gasteiger partial charge >= 0.3 is 6.09 Å². The minimum absolute atomic E-state index is 0.0275. The van der Waals surface area contributed by atoms with Gasteiger partial charge in [0.25, 0.3) is 0 Å². The molecule has 2 amide bonds. The number of ketones is 1. The van der Waals surface area contributed by atoms with Crippen LogP contribution in [0, 0.1) is 23.2 Å². The molecule has 0 bridgehead atoms. The Morgan fingerprint density at radius 1 is 1.18 bits per heavy atom. The summed E-state index contributed by atoms with van der Waals surface area (Å²) in [6, 6.07) is -0.135. The number of allylic oxidation sites excluding steroid dienone is 1. The number of ether oxygens (including phenoxy) is 1. The number of carbonyl (C=O) groups is 3. The topological polar surface area (TPSA) is 75.7 Å². The van der Waals surface area contributed by atoms with Gasteiger partial charge in [-0.25, -0.2) is 4.79 Å². The van der Waals surface area contributed by atoms with Crippen LogP contribution in [0.1, 0.15) is 60.8 Å². The number of hydrogen-bond acceptors (Lipinski definition) is 4. The van der Waals surface area contributed by atoms with Crippen molar-refractivity contribution in [1.29, 1.82) is 0 Å². The van der Waals surface area contributed by atoms with Crippen LogP contribution in [0.2, 0.25) is 0 Å². The Kier molecular flexibility index (Phi) is 6.62. The number of hydrogen-bond donors (Lipinski definition) is 1. The molecule has 1 saturated carbocycles. The lowest BCUT2D eigenvalue weighted by molar-refractivity contribution is -0.133. The Hall–Kier alpha value is -1.85. The van der Waals surface area contributed by atoms with E-state index in [0.29, 0.717) is 25.4 Å². The smallest absolute Gasteiger partial charge is 0.410 e. The second-order valence-electron chi connectivity index (χ2n) is 9.93. The highest BCUT2D eigenvalue weighted by atomic mass is 16.6. The summed E-state index contributed by atoms with van der Waals surface area (Å²) in [5.74, 6) is 0.0643. The average Bonchev–Trinajstić information content (AvgIpc) is 3.32. The lowest BCUT2D eigenvalue weighted by Gasteiger charge is -2.34. The molecule has 0 spiro atoms. The predicted octanol–water partition coefficient (Wildman–Crippen LogP) is 3.56. The van der Waals surface area contributed by atoms with E-state index in [2.05, 4.69) is 11.9 Å². The molecule has 158 valence electrons. The van der Waals surface area contributed by atoms with Gasteiger partial charge < -0.3 is 15.0 Å². The summed E-state index contributed by atoms with van der Waals surface area (Å²) in [5, 5.41) is 2.78. The summed E-state index contributed by atoms with van der Waals surface area (Å²) in [6.07, 6.45) is 4.22. The Bertz CT molecular complexity index is 631. The SMILES string of the molecule is C=CCC1CN(C(=O)OC(C)(C)C)C(C2CC2)C1C(=O)C(C)(C)CNC(C)=O. The fourth-order valence-electron chi connectivity index (χ4n) is 4.15. The highest BCUT2D eigenvalue weighted by Gasteiger charge is 2.55. The first-order chi connectivity index (χ1) is 12.9. The zero-order valence-corrected chi connectivity index (χ0v) is 18.2. The Morgan fingerprint density at radius 3 is 2.25 bits per heavy atom. The quantitative estimate of drug-likeness (QED) is 0.672. The molecule has 2 fully saturated rings. The van der Waals surface area contributed by atoms with Crippen LogP contribution in [0.25, 0.3) is 0 Å². The van der Waals surface area contributed by atoms with Crippen molar-refractivity contribution in [1.82, 2.24) is 10.2 Å². The van der Waals surface area contributed by atoms with Gasteiger partial charge in [0.15, 0.2) is 0 Å². The number of nitrogens with zero attached hydrogens (tertiary/aromatic N) is 1. The normalized spacial score (nSPS) is 25.4. The van der Waals surface area contributed by atoms with Crippen molar-refractivity contribution >= 4 is 17.8 Å². The molecule has 2 rings (SSSR count). The van der Waals surface area contributed by atoms with E-state index in [4.69, 9.17) is 4.74 Å². The molecule has 1 heterocycles. The van der Waals surface area contributed by atoms with E-state index < -0.39 is 11.0 Å². The molecule has 1 aliphatic heterocycles. The van der Waals surface area contributed by atoms with Crippen LogP contribution >= 0.6 is 0 Å². The van der Waals surface area contributed by atoms with E-state index in [-0.39, 0.29) is 35.7 Å². The minimum atomic E-state index is -0.702. The van der Waals surface area contributed by atoms with E-state index in [9.17, 15) is 14.4 Å². The van der Waals surface area contributed by atoms with Crippen LogP contribution in [-0.4, -0.2) is 47.4 Å². The van der Waals surface area contributed by atoms with E-state index >= 15 is 0 Å². The summed E-state index contributed by atoms with van der Waals surface area (Å²) in [7, 11) is 0. The van der Waals surface area contributed by atoms with Gasteiger partial charge in [0.05, 0.1) is 0 Å². The van der Waals surface area contributed by atoms with Crippen molar-refractivity contribution < 1.29 is 19.1 Å². The van der Waals surface area contributed by atoms with Crippen LogP contribution < -0.4 is 5.32 Å². The molecule has 1 aliphatic carbocycles. The van der Waals surface area contributed by atoms with E-state index in [1.54, 1.807) is 4.90 Å². The first-order valence-electron chi connectivity index (χ1n) is 10.3. The zero-order chi connectivity index (χ0) is 21.3. The molecule has 0 aromatic rings. The number of likely N-dealkylation sites (tertiary alicyclic amines) is 1. The summed E-state index contributed by atoms with van der Waals surface area (Å²) in [5.41, 5.74) is -1.28. The lowest BCUT2D eigenvalue weighted by atomic mass is 9.73. The largest absolute Gasteiger partial charge is 0.444 e. The molecule has 6 nitrogen and oxygen atoms in total. The average molecular weight is 393 g/mol.